The number of methoxy groups -OCH3 is 1. The van der Waals surface area contributed by atoms with Crippen LogP contribution in [0.5, 0.6) is 0 Å². The fraction of sp³-hybridized carbons (Fsp3) is 0.400. The van der Waals surface area contributed by atoms with E-state index in [1.807, 2.05) is 12.3 Å². The highest BCUT2D eigenvalue weighted by atomic mass is 35.5. The highest BCUT2D eigenvalue weighted by molar-refractivity contribution is 6.17. The standard InChI is InChI=1S/C20H24ClNO2/c1-24-20(23)11-10-16(6-2-3-12-21)17-7-4-8-18(14-17)19-9-5-13-22-15-19/h4-5,7-9,13-16H,2-3,6,10-12H2,1H3. The fourth-order valence-electron chi connectivity index (χ4n) is 2.86. The lowest BCUT2D eigenvalue weighted by Crippen LogP contribution is -2.06. The average molecular weight is 346 g/mol. The van der Waals surface area contributed by atoms with Crippen molar-refractivity contribution in [3.8, 4) is 11.1 Å². The van der Waals surface area contributed by atoms with Crippen molar-refractivity contribution < 1.29 is 9.53 Å². The Hall–Kier alpha value is -1.87. The summed E-state index contributed by atoms with van der Waals surface area (Å²) in [5, 5.41) is 0. The maximum atomic E-state index is 11.5. The Morgan fingerprint density at radius 2 is 2.00 bits per heavy atom. The Labute approximate surface area is 149 Å². The van der Waals surface area contributed by atoms with Gasteiger partial charge in [-0.05, 0) is 47.9 Å². The van der Waals surface area contributed by atoms with Crippen molar-refractivity contribution in [2.45, 2.75) is 38.0 Å². The van der Waals surface area contributed by atoms with Gasteiger partial charge in [0, 0.05) is 24.7 Å². The predicted molar refractivity (Wildman–Crippen MR) is 98.2 cm³/mol. The zero-order valence-electron chi connectivity index (χ0n) is 14.1. The Morgan fingerprint density at radius 3 is 2.71 bits per heavy atom. The third-order valence-corrected chi connectivity index (χ3v) is 4.48. The maximum Gasteiger partial charge on any atom is 0.305 e. The molecule has 0 amide bonds. The zero-order valence-corrected chi connectivity index (χ0v) is 14.8. The molecule has 3 nitrogen and oxygen atoms in total. The first-order valence-electron chi connectivity index (χ1n) is 8.37. The quantitative estimate of drug-likeness (QED) is 0.356. The molecule has 2 aromatic rings. The first-order chi connectivity index (χ1) is 11.7. The molecule has 4 heteroatoms. The van der Waals surface area contributed by atoms with E-state index in [0.29, 0.717) is 18.2 Å². The minimum absolute atomic E-state index is 0.152. The van der Waals surface area contributed by atoms with Crippen LogP contribution in [0.15, 0.2) is 48.8 Å². The second-order valence-corrected chi connectivity index (χ2v) is 6.24. The molecule has 1 unspecified atom stereocenters. The van der Waals surface area contributed by atoms with Gasteiger partial charge in [-0.1, -0.05) is 36.8 Å². The number of hydrogen-bond acceptors (Lipinski definition) is 3. The van der Waals surface area contributed by atoms with Crippen LogP contribution in [0, 0.1) is 0 Å². The molecule has 1 atom stereocenters. The molecule has 2 rings (SSSR count). The van der Waals surface area contributed by atoms with Gasteiger partial charge < -0.3 is 4.74 Å². The molecule has 0 fully saturated rings. The van der Waals surface area contributed by atoms with E-state index in [1.165, 1.54) is 12.7 Å². The van der Waals surface area contributed by atoms with Crippen LogP contribution in [-0.2, 0) is 9.53 Å². The summed E-state index contributed by atoms with van der Waals surface area (Å²) >= 11 is 5.81. The number of unbranched alkanes of at least 4 members (excludes halogenated alkanes) is 1. The van der Waals surface area contributed by atoms with E-state index in [2.05, 4.69) is 35.3 Å². The molecule has 1 heterocycles. The largest absolute Gasteiger partial charge is 0.469 e. The van der Waals surface area contributed by atoms with Crippen molar-refractivity contribution in [3.05, 3.63) is 54.4 Å². The van der Waals surface area contributed by atoms with E-state index in [-0.39, 0.29) is 5.97 Å². The summed E-state index contributed by atoms with van der Waals surface area (Å²) in [6, 6.07) is 12.5. The number of carbonyl (C=O) groups is 1. The van der Waals surface area contributed by atoms with Crippen LogP contribution >= 0.6 is 11.6 Å². The number of alkyl halides is 1. The van der Waals surface area contributed by atoms with Crippen LogP contribution in [0.4, 0.5) is 0 Å². The average Bonchev–Trinajstić information content (AvgIpc) is 2.65. The molecule has 0 saturated carbocycles. The van der Waals surface area contributed by atoms with E-state index in [1.54, 1.807) is 6.20 Å². The molecule has 1 aromatic carbocycles. The number of hydrogen-bond donors (Lipinski definition) is 0. The summed E-state index contributed by atoms with van der Waals surface area (Å²) in [7, 11) is 1.44. The summed E-state index contributed by atoms with van der Waals surface area (Å²) in [5.41, 5.74) is 3.52. The second-order valence-electron chi connectivity index (χ2n) is 5.86. The lowest BCUT2D eigenvalue weighted by atomic mass is 9.88. The molecule has 128 valence electrons. The normalized spacial score (nSPS) is 11.9. The molecular weight excluding hydrogens is 322 g/mol. The summed E-state index contributed by atoms with van der Waals surface area (Å²) < 4.78 is 4.79. The van der Waals surface area contributed by atoms with Crippen molar-refractivity contribution >= 4 is 17.6 Å². The summed E-state index contributed by atoms with van der Waals surface area (Å²) in [4.78, 5) is 15.7. The lowest BCUT2D eigenvalue weighted by Gasteiger charge is -2.18. The monoisotopic (exact) mass is 345 g/mol. The lowest BCUT2D eigenvalue weighted by molar-refractivity contribution is -0.140. The Morgan fingerprint density at radius 1 is 1.17 bits per heavy atom. The highest BCUT2D eigenvalue weighted by Gasteiger charge is 2.14. The second kappa shape index (κ2) is 10.1. The molecule has 0 radical (unpaired) electrons. The number of ether oxygens (including phenoxy) is 1. The van der Waals surface area contributed by atoms with Crippen molar-refractivity contribution in [2.24, 2.45) is 0 Å². The zero-order chi connectivity index (χ0) is 17.2. The van der Waals surface area contributed by atoms with Crippen molar-refractivity contribution in [3.63, 3.8) is 0 Å². The summed E-state index contributed by atoms with van der Waals surface area (Å²) in [6.07, 6.45) is 7.98. The third kappa shape index (κ3) is 5.64. The van der Waals surface area contributed by atoms with E-state index < -0.39 is 0 Å². The SMILES string of the molecule is COC(=O)CCC(CCCCCl)c1cccc(-c2cccnc2)c1. The third-order valence-electron chi connectivity index (χ3n) is 4.21. The molecular formula is C20H24ClNO2. The number of rotatable bonds is 9. The van der Waals surface area contributed by atoms with Crippen molar-refractivity contribution in [1.29, 1.82) is 0 Å². The van der Waals surface area contributed by atoms with Gasteiger partial charge in [0.1, 0.15) is 0 Å². The highest BCUT2D eigenvalue weighted by Crippen LogP contribution is 2.30. The van der Waals surface area contributed by atoms with Gasteiger partial charge in [-0.15, -0.1) is 11.6 Å². The first-order valence-corrected chi connectivity index (χ1v) is 8.91. The molecule has 0 N–H and O–H groups in total. The van der Waals surface area contributed by atoms with Gasteiger partial charge in [0.15, 0.2) is 0 Å². The number of benzene rings is 1. The topological polar surface area (TPSA) is 39.2 Å². The molecule has 0 bridgehead atoms. The van der Waals surface area contributed by atoms with Gasteiger partial charge in [-0.2, -0.15) is 0 Å². The van der Waals surface area contributed by atoms with Crippen LogP contribution in [-0.4, -0.2) is 23.9 Å². The van der Waals surface area contributed by atoms with Gasteiger partial charge in [-0.3, -0.25) is 9.78 Å². The molecule has 0 saturated heterocycles. The molecule has 0 aliphatic heterocycles. The van der Waals surface area contributed by atoms with Gasteiger partial charge in [0.05, 0.1) is 7.11 Å². The maximum absolute atomic E-state index is 11.5. The number of esters is 1. The van der Waals surface area contributed by atoms with E-state index in [4.69, 9.17) is 16.3 Å². The number of nitrogens with zero attached hydrogens (tertiary/aromatic N) is 1. The molecule has 0 aliphatic carbocycles. The number of carbonyl (C=O) groups excluding carboxylic acids is 1. The Kier molecular flexibility index (Phi) is 7.76. The van der Waals surface area contributed by atoms with Gasteiger partial charge in [0.25, 0.3) is 0 Å². The van der Waals surface area contributed by atoms with E-state index >= 15 is 0 Å². The molecule has 0 spiro atoms. The van der Waals surface area contributed by atoms with E-state index in [9.17, 15) is 4.79 Å². The first kappa shape index (κ1) is 18.5. The van der Waals surface area contributed by atoms with Gasteiger partial charge in [-0.25, -0.2) is 0 Å². The van der Waals surface area contributed by atoms with Crippen molar-refractivity contribution in [1.82, 2.24) is 4.98 Å². The number of halogens is 1. The van der Waals surface area contributed by atoms with Gasteiger partial charge >= 0.3 is 5.97 Å². The minimum atomic E-state index is -0.152. The van der Waals surface area contributed by atoms with Gasteiger partial charge in [0.2, 0.25) is 0 Å². The summed E-state index contributed by atoms with van der Waals surface area (Å²) in [5.74, 6) is 0.865. The van der Waals surface area contributed by atoms with Crippen LogP contribution in [0.3, 0.4) is 0 Å². The number of pyridine rings is 1. The number of aromatic nitrogens is 1. The predicted octanol–water partition coefficient (Wildman–Crippen LogP) is 5.19. The van der Waals surface area contributed by atoms with Crippen molar-refractivity contribution in [2.75, 3.05) is 13.0 Å². The molecule has 24 heavy (non-hydrogen) atoms. The molecule has 1 aromatic heterocycles. The Bertz CT molecular complexity index is 631. The van der Waals surface area contributed by atoms with E-state index in [0.717, 1.165) is 36.8 Å². The smallest absolute Gasteiger partial charge is 0.305 e. The van der Waals surface area contributed by atoms with Crippen LogP contribution in [0.2, 0.25) is 0 Å². The van der Waals surface area contributed by atoms with Crippen LogP contribution < -0.4 is 0 Å². The molecule has 0 aliphatic rings. The summed E-state index contributed by atoms with van der Waals surface area (Å²) in [6.45, 7) is 0. The Balaban J connectivity index is 2.16. The van der Waals surface area contributed by atoms with Crippen LogP contribution in [0.25, 0.3) is 11.1 Å². The fourth-order valence-corrected chi connectivity index (χ4v) is 3.05. The van der Waals surface area contributed by atoms with Crippen LogP contribution in [0.1, 0.15) is 43.6 Å². The minimum Gasteiger partial charge on any atom is -0.469 e.